The molecule has 1 atom stereocenters. The molecule has 9 nitrogen and oxygen atoms in total. The summed E-state index contributed by atoms with van der Waals surface area (Å²) in [6.45, 7) is 0.276. The van der Waals surface area contributed by atoms with Gasteiger partial charge in [-0.05, 0) is 61.6 Å². The Labute approximate surface area is 183 Å². The Balaban J connectivity index is 1.53. The van der Waals surface area contributed by atoms with Crippen molar-refractivity contribution in [2.45, 2.75) is 44.2 Å². The molecule has 0 saturated heterocycles. The Bertz CT molecular complexity index is 938. The summed E-state index contributed by atoms with van der Waals surface area (Å²) in [6.07, 6.45) is 4.34. The average Bonchev–Trinajstić information content (AvgIpc) is 3.38. The smallest absolute Gasteiger partial charge is 0.323 e. The van der Waals surface area contributed by atoms with Gasteiger partial charge >= 0.3 is 12.0 Å². The van der Waals surface area contributed by atoms with Crippen molar-refractivity contribution in [2.75, 3.05) is 11.9 Å². The monoisotopic (exact) mass is 446 g/mol. The van der Waals surface area contributed by atoms with Crippen LogP contribution in [0, 0.1) is 0 Å². The maximum absolute atomic E-state index is 12.0. The molecule has 0 unspecified atom stereocenters. The summed E-state index contributed by atoms with van der Waals surface area (Å²) in [6, 6.07) is 7.27. The fourth-order valence-electron chi connectivity index (χ4n) is 3.32. The first kappa shape index (κ1) is 22.6. The minimum absolute atomic E-state index is 0.00182. The van der Waals surface area contributed by atoms with Gasteiger partial charge in [-0.25, -0.2) is 4.79 Å². The average molecular weight is 447 g/mol. The molecule has 1 heterocycles. The number of esters is 1. The zero-order valence-corrected chi connectivity index (χ0v) is 17.8. The summed E-state index contributed by atoms with van der Waals surface area (Å²) >= 11 is 1.19. The van der Waals surface area contributed by atoms with E-state index >= 15 is 0 Å². The fourth-order valence-corrected chi connectivity index (χ4v) is 4.39. The zero-order valence-electron chi connectivity index (χ0n) is 17.0. The number of carbonyl (C=O) groups excluding carboxylic acids is 3. The quantitative estimate of drug-likeness (QED) is 0.433. The van der Waals surface area contributed by atoms with Gasteiger partial charge in [0.1, 0.15) is 22.9 Å². The van der Waals surface area contributed by atoms with Gasteiger partial charge in [0.15, 0.2) is 0 Å². The van der Waals surface area contributed by atoms with E-state index in [1.807, 2.05) is 12.1 Å². The normalized spacial score (nSPS) is 14.7. The molecule has 1 aromatic carbocycles. The number of amides is 3. The highest BCUT2D eigenvalue weighted by molar-refractivity contribution is 7.20. The van der Waals surface area contributed by atoms with Gasteiger partial charge in [0, 0.05) is 11.3 Å². The molecule has 0 spiro atoms. The molecule has 1 saturated carbocycles. The van der Waals surface area contributed by atoms with E-state index in [1.54, 1.807) is 18.2 Å². The van der Waals surface area contributed by atoms with Crippen LogP contribution < -0.4 is 27.3 Å². The molecule has 31 heavy (non-hydrogen) atoms. The lowest BCUT2D eigenvalue weighted by atomic mass is 10.1. The van der Waals surface area contributed by atoms with Crippen molar-refractivity contribution in [1.82, 2.24) is 0 Å². The van der Waals surface area contributed by atoms with Crippen LogP contribution in [0.1, 0.15) is 42.5 Å². The van der Waals surface area contributed by atoms with Gasteiger partial charge in [0.25, 0.3) is 5.91 Å². The Morgan fingerprint density at radius 2 is 1.81 bits per heavy atom. The third-order valence-corrected chi connectivity index (χ3v) is 6.06. The highest BCUT2D eigenvalue weighted by Crippen LogP contribution is 2.36. The van der Waals surface area contributed by atoms with Crippen molar-refractivity contribution in [3.05, 3.63) is 35.9 Å². The lowest BCUT2D eigenvalue weighted by Crippen LogP contribution is -2.35. The fraction of sp³-hybridized carbons (Fsp3) is 0.381. The molecule has 3 amide bonds. The number of carbonyl (C=O) groups is 3. The number of hydrogen-bond acceptors (Lipinski definition) is 7. The molecular formula is C21H26N4O5S. The summed E-state index contributed by atoms with van der Waals surface area (Å²) in [5.74, 6) is -0.426. The van der Waals surface area contributed by atoms with Crippen molar-refractivity contribution in [3.8, 4) is 16.2 Å². The zero-order chi connectivity index (χ0) is 22.4. The SMILES string of the molecule is NC(=O)Nc1sc(-c2ccc(OCC[C@@H](N)C(=O)OC3CCCC3)cc2)cc1C(N)=O. The van der Waals surface area contributed by atoms with Gasteiger partial charge < -0.3 is 26.7 Å². The van der Waals surface area contributed by atoms with Crippen LogP contribution in [0.15, 0.2) is 30.3 Å². The van der Waals surface area contributed by atoms with Gasteiger partial charge in [0.05, 0.1) is 12.2 Å². The first-order valence-electron chi connectivity index (χ1n) is 10.0. The predicted molar refractivity (Wildman–Crippen MR) is 118 cm³/mol. The molecular weight excluding hydrogens is 420 g/mol. The summed E-state index contributed by atoms with van der Waals surface area (Å²) in [4.78, 5) is 35.5. The van der Waals surface area contributed by atoms with E-state index in [0.717, 1.165) is 36.1 Å². The number of nitrogens with two attached hydrogens (primary N) is 3. The molecule has 1 fully saturated rings. The van der Waals surface area contributed by atoms with Crippen LogP contribution in [0.25, 0.3) is 10.4 Å². The standard InChI is InChI=1S/C21H26N4O5S/c22-16(20(27)30-14-3-1-2-4-14)9-10-29-13-7-5-12(6-8-13)17-11-15(18(23)26)19(31-17)25-21(24)28/h5-8,11,14,16H,1-4,9-10,22H2,(H2,23,26)(H3,24,25,28)/t16-/m1/s1. The third-order valence-electron chi connectivity index (χ3n) is 4.96. The van der Waals surface area contributed by atoms with Crippen LogP contribution in [0.3, 0.4) is 0 Å². The molecule has 7 N–H and O–H groups in total. The van der Waals surface area contributed by atoms with Crippen LogP contribution >= 0.6 is 11.3 Å². The van der Waals surface area contributed by atoms with Crippen LogP contribution in [0.2, 0.25) is 0 Å². The van der Waals surface area contributed by atoms with Crippen LogP contribution in [-0.2, 0) is 9.53 Å². The number of primary amides is 2. The summed E-state index contributed by atoms with van der Waals surface area (Å²) in [5, 5.41) is 2.71. The van der Waals surface area contributed by atoms with Gasteiger partial charge in [0.2, 0.25) is 0 Å². The molecule has 166 valence electrons. The molecule has 0 bridgehead atoms. The Kier molecular flexibility index (Phi) is 7.48. The third kappa shape index (κ3) is 6.19. The van der Waals surface area contributed by atoms with Gasteiger partial charge in [-0.15, -0.1) is 11.3 Å². The highest BCUT2D eigenvalue weighted by atomic mass is 32.1. The van der Waals surface area contributed by atoms with Gasteiger partial charge in [-0.2, -0.15) is 0 Å². The van der Waals surface area contributed by atoms with Crippen molar-refractivity contribution in [2.24, 2.45) is 17.2 Å². The Morgan fingerprint density at radius 3 is 2.42 bits per heavy atom. The topological polar surface area (TPSA) is 160 Å². The van der Waals surface area contributed by atoms with Gasteiger partial charge in [-0.3, -0.25) is 14.9 Å². The number of urea groups is 1. The lowest BCUT2D eigenvalue weighted by molar-refractivity contribution is -0.150. The maximum atomic E-state index is 12.0. The summed E-state index contributed by atoms with van der Waals surface area (Å²) < 4.78 is 11.1. The summed E-state index contributed by atoms with van der Waals surface area (Å²) in [5.41, 5.74) is 17.4. The molecule has 1 aliphatic rings. The van der Waals surface area contributed by atoms with E-state index in [4.69, 9.17) is 26.7 Å². The van der Waals surface area contributed by atoms with E-state index in [1.165, 1.54) is 11.3 Å². The lowest BCUT2D eigenvalue weighted by Gasteiger charge is -2.16. The second kappa shape index (κ2) is 10.3. The minimum atomic E-state index is -0.773. The Morgan fingerprint density at radius 1 is 1.13 bits per heavy atom. The van der Waals surface area contributed by atoms with Crippen molar-refractivity contribution >= 4 is 34.2 Å². The first-order valence-corrected chi connectivity index (χ1v) is 10.8. The minimum Gasteiger partial charge on any atom is -0.494 e. The molecule has 2 aromatic rings. The van der Waals surface area contributed by atoms with E-state index in [2.05, 4.69) is 5.32 Å². The first-order chi connectivity index (χ1) is 14.8. The molecule has 0 aliphatic heterocycles. The number of thiophene rings is 1. The van der Waals surface area contributed by atoms with E-state index in [9.17, 15) is 14.4 Å². The van der Waals surface area contributed by atoms with Crippen molar-refractivity contribution in [3.63, 3.8) is 0 Å². The van der Waals surface area contributed by atoms with Gasteiger partial charge in [-0.1, -0.05) is 0 Å². The number of hydrogen-bond donors (Lipinski definition) is 4. The predicted octanol–water partition coefficient (Wildman–Crippen LogP) is 2.59. The second-order valence-electron chi connectivity index (χ2n) is 7.32. The number of anilines is 1. The maximum Gasteiger partial charge on any atom is 0.323 e. The Hall–Kier alpha value is -3.11. The van der Waals surface area contributed by atoms with E-state index < -0.39 is 18.0 Å². The van der Waals surface area contributed by atoms with Crippen LogP contribution in [0.5, 0.6) is 5.75 Å². The number of ether oxygens (including phenoxy) is 2. The number of nitrogens with one attached hydrogen (secondary N) is 1. The molecule has 0 radical (unpaired) electrons. The van der Waals surface area contributed by atoms with Crippen LogP contribution in [0.4, 0.5) is 9.80 Å². The number of benzene rings is 1. The van der Waals surface area contributed by atoms with E-state index in [-0.39, 0.29) is 24.2 Å². The highest BCUT2D eigenvalue weighted by Gasteiger charge is 2.23. The molecule has 1 aliphatic carbocycles. The molecule has 10 heteroatoms. The van der Waals surface area contributed by atoms with Crippen molar-refractivity contribution < 1.29 is 23.9 Å². The second-order valence-corrected chi connectivity index (χ2v) is 8.37. The van der Waals surface area contributed by atoms with E-state index in [0.29, 0.717) is 17.2 Å². The largest absolute Gasteiger partial charge is 0.494 e. The number of rotatable bonds is 9. The molecule has 3 rings (SSSR count). The summed E-state index contributed by atoms with van der Waals surface area (Å²) in [7, 11) is 0. The van der Waals surface area contributed by atoms with Crippen LogP contribution in [-0.4, -0.2) is 36.7 Å². The van der Waals surface area contributed by atoms with Crippen molar-refractivity contribution in [1.29, 1.82) is 0 Å². The molecule has 1 aromatic heterocycles.